The topological polar surface area (TPSA) is 48.9 Å². The first kappa shape index (κ1) is 9.43. The van der Waals surface area contributed by atoms with Crippen LogP contribution in [0.25, 0.3) is 0 Å². The summed E-state index contributed by atoms with van der Waals surface area (Å²) in [7, 11) is 0. The lowest BCUT2D eigenvalue weighted by Crippen LogP contribution is -2.02. The molecular formula is C10H12N2OS. The third-order valence-electron chi connectivity index (χ3n) is 2.15. The zero-order valence-corrected chi connectivity index (χ0v) is 8.71. The Hall–Kier alpha value is -1.13. The number of thiophene rings is 1. The van der Waals surface area contributed by atoms with Crippen LogP contribution in [-0.4, -0.2) is 15.1 Å². The first-order valence-electron chi connectivity index (χ1n) is 4.47. The number of hydrogen-bond donors (Lipinski definition) is 2. The van der Waals surface area contributed by atoms with E-state index in [-0.39, 0.29) is 0 Å². The van der Waals surface area contributed by atoms with Gasteiger partial charge in [0.15, 0.2) is 0 Å². The van der Waals surface area contributed by atoms with Gasteiger partial charge in [0, 0.05) is 23.7 Å². The minimum atomic E-state index is -0.443. The molecule has 0 radical (unpaired) electrons. The standard InChI is InChI=1S/C10H12N2OS/c1-7-2-5-14-10(7)8(13)6-9-11-3-4-12-9/h2-5,8,13H,6H2,1H3,(H,11,12). The van der Waals surface area contributed by atoms with Gasteiger partial charge in [-0.3, -0.25) is 0 Å². The SMILES string of the molecule is Cc1ccsc1C(O)Cc1ncc[nH]1. The van der Waals surface area contributed by atoms with Crippen LogP contribution >= 0.6 is 11.3 Å². The van der Waals surface area contributed by atoms with E-state index in [1.54, 1.807) is 23.7 Å². The van der Waals surface area contributed by atoms with Crippen molar-refractivity contribution in [1.29, 1.82) is 0 Å². The Balaban J connectivity index is 2.10. The lowest BCUT2D eigenvalue weighted by atomic mass is 10.1. The van der Waals surface area contributed by atoms with Crippen molar-refractivity contribution < 1.29 is 5.11 Å². The van der Waals surface area contributed by atoms with E-state index in [1.165, 1.54) is 0 Å². The number of H-pyrrole nitrogens is 1. The van der Waals surface area contributed by atoms with Gasteiger partial charge in [-0.25, -0.2) is 4.98 Å². The maximum absolute atomic E-state index is 9.91. The summed E-state index contributed by atoms with van der Waals surface area (Å²) in [6.45, 7) is 2.01. The van der Waals surface area contributed by atoms with Gasteiger partial charge in [0.2, 0.25) is 0 Å². The Morgan fingerprint density at radius 3 is 3.07 bits per heavy atom. The van der Waals surface area contributed by atoms with Gasteiger partial charge >= 0.3 is 0 Å². The van der Waals surface area contributed by atoms with Crippen LogP contribution in [0.15, 0.2) is 23.8 Å². The summed E-state index contributed by atoms with van der Waals surface area (Å²) >= 11 is 1.59. The van der Waals surface area contributed by atoms with Gasteiger partial charge in [-0.05, 0) is 23.9 Å². The maximum atomic E-state index is 9.91. The Kier molecular flexibility index (Phi) is 2.65. The molecule has 0 saturated carbocycles. The molecule has 0 fully saturated rings. The molecular weight excluding hydrogens is 196 g/mol. The van der Waals surface area contributed by atoms with Gasteiger partial charge in [-0.15, -0.1) is 11.3 Å². The van der Waals surface area contributed by atoms with Crippen LogP contribution in [0.1, 0.15) is 22.4 Å². The van der Waals surface area contributed by atoms with Crippen molar-refractivity contribution >= 4 is 11.3 Å². The Labute approximate surface area is 86.4 Å². The van der Waals surface area contributed by atoms with E-state index in [0.29, 0.717) is 6.42 Å². The van der Waals surface area contributed by atoms with Crippen LogP contribution in [0.4, 0.5) is 0 Å². The van der Waals surface area contributed by atoms with Crippen molar-refractivity contribution in [3.63, 3.8) is 0 Å². The van der Waals surface area contributed by atoms with Gasteiger partial charge in [-0.1, -0.05) is 0 Å². The summed E-state index contributed by atoms with van der Waals surface area (Å²) in [5.74, 6) is 0.824. The summed E-state index contributed by atoms with van der Waals surface area (Å²) in [5.41, 5.74) is 1.15. The maximum Gasteiger partial charge on any atom is 0.108 e. The number of aliphatic hydroxyl groups excluding tert-OH is 1. The summed E-state index contributed by atoms with van der Waals surface area (Å²) in [4.78, 5) is 8.10. The van der Waals surface area contributed by atoms with E-state index in [9.17, 15) is 5.11 Å². The van der Waals surface area contributed by atoms with Gasteiger partial charge in [0.05, 0.1) is 6.10 Å². The molecule has 2 aromatic rings. The second-order valence-corrected chi connectivity index (χ2v) is 4.17. The fourth-order valence-corrected chi connectivity index (χ4v) is 2.32. The van der Waals surface area contributed by atoms with Crippen molar-refractivity contribution in [2.24, 2.45) is 0 Å². The van der Waals surface area contributed by atoms with Crippen molar-refractivity contribution in [2.45, 2.75) is 19.4 Å². The highest BCUT2D eigenvalue weighted by atomic mass is 32.1. The van der Waals surface area contributed by atoms with Crippen molar-refractivity contribution in [3.8, 4) is 0 Å². The summed E-state index contributed by atoms with van der Waals surface area (Å²) in [5, 5.41) is 11.9. The predicted molar refractivity (Wildman–Crippen MR) is 56.3 cm³/mol. The zero-order chi connectivity index (χ0) is 9.97. The zero-order valence-electron chi connectivity index (χ0n) is 7.90. The summed E-state index contributed by atoms with van der Waals surface area (Å²) < 4.78 is 0. The molecule has 2 heterocycles. The van der Waals surface area contributed by atoms with Gasteiger partial charge < -0.3 is 10.1 Å². The minimum Gasteiger partial charge on any atom is -0.387 e. The monoisotopic (exact) mass is 208 g/mol. The number of aryl methyl sites for hydroxylation is 1. The third kappa shape index (κ3) is 1.86. The van der Waals surface area contributed by atoms with Crippen LogP contribution in [0, 0.1) is 6.92 Å². The molecule has 1 atom stereocenters. The number of nitrogens with one attached hydrogen (secondary N) is 1. The fraction of sp³-hybridized carbons (Fsp3) is 0.300. The van der Waals surface area contributed by atoms with E-state index in [0.717, 1.165) is 16.3 Å². The number of aromatic amines is 1. The number of aliphatic hydroxyl groups is 1. The first-order valence-corrected chi connectivity index (χ1v) is 5.35. The molecule has 14 heavy (non-hydrogen) atoms. The Bertz CT molecular complexity index is 394. The molecule has 2 N–H and O–H groups in total. The van der Waals surface area contributed by atoms with Crippen molar-refractivity contribution in [1.82, 2.24) is 9.97 Å². The average molecular weight is 208 g/mol. The highest BCUT2D eigenvalue weighted by Gasteiger charge is 2.13. The number of rotatable bonds is 3. The second-order valence-electron chi connectivity index (χ2n) is 3.22. The lowest BCUT2D eigenvalue weighted by Gasteiger charge is -2.07. The smallest absolute Gasteiger partial charge is 0.108 e. The predicted octanol–water partition coefficient (Wildman–Crippen LogP) is 2.06. The summed E-state index contributed by atoms with van der Waals surface area (Å²) in [6.07, 6.45) is 3.57. The van der Waals surface area contributed by atoms with E-state index < -0.39 is 6.10 Å². The van der Waals surface area contributed by atoms with E-state index >= 15 is 0 Å². The molecule has 0 aromatic carbocycles. The van der Waals surface area contributed by atoms with Crippen molar-refractivity contribution in [3.05, 3.63) is 40.1 Å². The van der Waals surface area contributed by atoms with E-state index in [2.05, 4.69) is 9.97 Å². The van der Waals surface area contributed by atoms with Crippen LogP contribution < -0.4 is 0 Å². The molecule has 2 rings (SSSR count). The molecule has 0 aliphatic carbocycles. The number of imidazole rings is 1. The molecule has 0 saturated heterocycles. The largest absolute Gasteiger partial charge is 0.387 e. The average Bonchev–Trinajstić information content (AvgIpc) is 2.75. The molecule has 74 valence electrons. The molecule has 4 heteroatoms. The highest BCUT2D eigenvalue weighted by molar-refractivity contribution is 7.10. The second kappa shape index (κ2) is 3.94. The fourth-order valence-electron chi connectivity index (χ4n) is 1.41. The van der Waals surface area contributed by atoms with Gasteiger partial charge in [-0.2, -0.15) is 0 Å². The lowest BCUT2D eigenvalue weighted by molar-refractivity contribution is 0.179. The molecule has 2 aromatic heterocycles. The molecule has 0 spiro atoms. The van der Waals surface area contributed by atoms with E-state index in [4.69, 9.17) is 0 Å². The van der Waals surface area contributed by atoms with Gasteiger partial charge in [0.1, 0.15) is 5.82 Å². The molecule has 0 bridgehead atoms. The first-order chi connectivity index (χ1) is 6.77. The minimum absolute atomic E-state index is 0.443. The third-order valence-corrected chi connectivity index (χ3v) is 3.27. The molecule has 0 aliphatic heterocycles. The Morgan fingerprint density at radius 1 is 1.64 bits per heavy atom. The normalized spacial score (nSPS) is 13.0. The quantitative estimate of drug-likeness (QED) is 0.811. The van der Waals surface area contributed by atoms with Crippen LogP contribution in [0.3, 0.4) is 0 Å². The highest BCUT2D eigenvalue weighted by Crippen LogP contribution is 2.25. The molecule has 3 nitrogen and oxygen atoms in total. The molecule has 1 unspecified atom stereocenters. The van der Waals surface area contributed by atoms with Crippen molar-refractivity contribution in [2.75, 3.05) is 0 Å². The van der Waals surface area contributed by atoms with Gasteiger partial charge in [0.25, 0.3) is 0 Å². The summed E-state index contributed by atoms with van der Waals surface area (Å²) in [6, 6.07) is 2.02. The number of nitrogens with zero attached hydrogens (tertiary/aromatic N) is 1. The van der Waals surface area contributed by atoms with Crippen LogP contribution in [0.2, 0.25) is 0 Å². The van der Waals surface area contributed by atoms with Crippen LogP contribution in [0.5, 0.6) is 0 Å². The Morgan fingerprint density at radius 2 is 2.50 bits per heavy atom. The number of hydrogen-bond acceptors (Lipinski definition) is 3. The van der Waals surface area contributed by atoms with Crippen LogP contribution in [-0.2, 0) is 6.42 Å². The molecule has 0 aliphatic rings. The van der Waals surface area contributed by atoms with E-state index in [1.807, 2.05) is 18.4 Å². The molecule has 0 amide bonds. The number of aromatic nitrogens is 2.